The number of halogens is 4. The van der Waals surface area contributed by atoms with Crippen molar-refractivity contribution < 1.29 is 32.2 Å². The summed E-state index contributed by atoms with van der Waals surface area (Å²) >= 11 is 0. The van der Waals surface area contributed by atoms with Crippen LogP contribution in [0, 0.1) is 5.92 Å². The van der Waals surface area contributed by atoms with Crippen LogP contribution in [-0.2, 0) is 10.7 Å². The maximum absolute atomic E-state index is 14.8. The van der Waals surface area contributed by atoms with Crippen LogP contribution in [0.25, 0.3) is 0 Å². The largest absolute Gasteiger partial charge is 0.380 e. The van der Waals surface area contributed by atoms with Crippen molar-refractivity contribution in [3.8, 4) is 0 Å². The topological polar surface area (TPSA) is 87.6 Å². The number of nitrogens with zero attached hydrogens (tertiary/aromatic N) is 3. The molecule has 11 heteroatoms. The van der Waals surface area contributed by atoms with Crippen molar-refractivity contribution in [2.24, 2.45) is 5.92 Å². The van der Waals surface area contributed by atoms with E-state index in [1.165, 1.54) is 12.3 Å². The van der Waals surface area contributed by atoms with Crippen LogP contribution in [0.15, 0.2) is 30.6 Å². The van der Waals surface area contributed by atoms with Gasteiger partial charge in [-0.3, -0.25) is 14.8 Å². The molecule has 1 saturated carbocycles. The molecule has 2 aromatic heterocycles. The number of pyridine rings is 2. The second kappa shape index (κ2) is 9.50. The van der Waals surface area contributed by atoms with E-state index >= 15 is 0 Å². The van der Waals surface area contributed by atoms with Crippen molar-refractivity contribution >= 4 is 11.6 Å². The third kappa shape index (κ3) is 4.79. The minimum Gasteiger partial charge on any atom is -0.380 e. The third-order valence-electron chi connectivity index (χ3n) is 7.86. The SMILES string of the molecule is C[C@H]1CCC(NC(=O)c2ccnc(C(C)(F)F)c2)CC1c1cnc2c(c1)N1CCOCC1C(F)(F)[C@H]2O. The molecule has 2 aliphatic heterocycles. The quantitative estimate of drug-likeness (QED) is 0.586. The lowest BCUT2D eigenvalue weighted by molar-refractivity contribution is -0.153. The number of hydrogen-bond donors (Lipinski definition) is 2. The third-order valence-corrected chi connectivity index (χ3v) is 7.86. The molecule has 1 amide bonds. The minimum absolute atomic E-state index is 0.0103. The number of morpholine rings is 1. The van der Waals surface area contributed by atoms with Crippen LogP contribution < -0.4 is 10.2 Å². The Morgan fingerprint density at radius 2 is 2.05 bits per heavy atom. The van der Waals surface area contributed by atoms with Gasteiger partial charge < -0.3 is 20.1 Å². The molecule has 2 aromatic rings. The van der Waals surface area contributed by atoms with E-state index in [-0.39, 0.29) is 42.3 Å². The molecule has 1 saturated heterocycles. The van der Waals surface area contributed by atoms with Gasteiger partial charge in [-0.25, -0.2) is 8.78 Å². The van der Waals surface area contributed by atoms with Crippen molar-refractivity contribution in [1.29, 1.82) is 0 Å². The summed E-state index contributed by atoms with van der Waals surface area (Å²) < 4.78 is 62.3. The average molecular weight is 523 g/mol. The van der Waals surface area contributed by atoms with Gasteiger partial charge in [0.05, 0.1) is 24.6 Å². The Bertz CT molecular complexity index is 1170. The van der Waals surface area contributed by atoms with E-state index < -0.39 is 35.6 Å². The Balaban J connectivity index is 1.36. The van der Waals surface area contributed by atoms with E-state index in [0.717, 1.165) is 31.4 Å². The van der Waals surface area contributed by atoms with Crippen molar-refractivity contribution in [3.63, 3.8) is 0 Å². The number of ether oxygens (including phenoxy) is 1. The molecule has 2 fully saturated rings. The minimum atomic E-state index is -3.38. The normalized spacial score (nSPS) is 29.3. The molecule has 3 aliphatic rings. The molecule has 5 atom stereocenters. The molecule has 0 radical (unpaired) electrons. The molecule has 1 aliphatic carbocycles. The molecule has 3 unspecified atom stereocenters. The van der Waals surface area contributed by atoms with Gasteiger partial charge in [0.2, 0.25) is 0 Å². The fraction of sp³-hybridized carbons (Fsp3) is 0.577. The number of carbonyl (C=O) groups excluding carboxylic acids is 1. The van der Waals surface area contributed by atoms with Gasteiger partial charge in [-0.1, -0.05) is 6.92 Å². The lowest BCUT2D eigenvalue weighted by atomic mass is 9.74. The van der Waals surface area contributed by atoms with Gasteiger partial charge in [0, 0.05) is 37.5 Å². The highest BCUT2D eigenvalue weighted by Crippen LogP contribution is 2.48. The summed E-state index contributed by atoms with van der Waals surface area (Å²) in [5.74, 6) is -6.75. The Morgan fingerprint density at radius 3 is 2.81 bits per heavy atom. The van der Waals surface area contributed by atoms with Crippen LogP contribution in [0.1, 0.15) is 72.4 Å². The monoisotopic (exact) mass is 522 g/mol. The molecule has 7 nitrogen and oxygen atoms in total. The lowest BCUT2D eigenvalue weighted by Gasteiger charge is -2.47. The Hall–Kier alpha value is -2.79. The van der Waals surface area contributed by atoms with E-state index in [4.69, 9.17) is 4.74 Å². The zero-order valence-corrected chi connectivity index (χ0v) is 20.6. The number of aliphatic hydroxyl groups excluding tert-OH is 1. The maximum Gasteiger partial charge on any atom is 0.301 e. The molecular weight excluding hydrogens is 492 g/mol. The summed E-state index contributed by atoms with van der Waals surface area (Å²) in [5, 5.41) is 13.4. The summed E-state index contributed by atoms with van der Waals surface area (Å²) in [6.45, 7) is 3.23. The highest BCUT2D eigenvalue weighted by molar-refractivity contribution is 5.94. The molecule has 5 rings (SSSR count). The fourth-order valence-corrected chi connectivity index (χ4v) is 5.70. The van der Waals surface area contributed by atoms with Crippen LogP contribution >= 0.6 is 0 Å². The Morgan fingerprint density at radius 1 is 1.27 bits per heavy atom. The molecule has 2 N–H and O–H groups in total. The van der Waals surface area contributed by atoms with Gasteiger partial charge >= 0.3 is 5.92 Å². The number of carbonyl (C=O) groups is 1. The molecule has 0 spiro atoms. The lowest BCUT2D eigenvalue weighted by Crippen LogP contribution is -2.60. The first-order valence-corrected chi connectivity index (χ1v) is 12.5. The molecule has 4 heterocycles. The molecule has 0 aromatic carbocycles. The number of anilines is 1. The number of hydrogen-bond acceptors (Lipinski definition) is 6. The van der Waals surface area contributed by atoms with Crippen molar-refractivity contribution in [2.45, 2.75) is 69.1 Å². The second-order valence-corrected chi connectivity index (χ2v) is 10.4. The number of fused-ring (bicyclic) bond motifs is 3. The van der Waals surface area contributed by atoms with Gasteiger partial charge in [0.15, 0.2) is 6.10 Å². The first kappa shape index (κ1) is 25.8. The van der Waals surface area contributed by atoms with Crippen LogP contribution in [-0.4, -0.2) is 58.7 Å². The molecule has 0 bridgehead atoms. The van der Waals surface area contributed by atoms with Crippen molar-refractivity contribution in [1.82, 2.24) is 15.3 Å². The zero-order valence-electron chi connectivity index (χ0n) is 20.6. The number of aromatic nitrogens is 2. The summed E-state index contributed by atoms with van der Waals surface area (Å²) in [6.07, 6.45) is 2.84. The summed E-state index contributed by atoms with van der Waals surface area (Å²) in [5.41, 5.74) is 0.952. The smallest absolute Gasteiger partial charge is 0.301 e. The van der Waals surface area contributed by atoms with Crippen LogP contribution in [0.5, 0.6) is 0 Å². The number of rotatable bonds is 4. The number of amides is 1. The van der Waals surface area contributed by atoms with Gasteiger partial charge in [0.25, 0.3) is 11.8 Å². The highest BCUT2D eigenvalue weighted by Gasteiger charge is 2.56. The summed E-state index contributed by atoms with van der Waals surface area (Å²) in [6, 6.07) is 2.88. The Kier molecular flexibility index (Phi) is 6.64. The van der Waals surface area contributed by atoms with Crippen LogP contribution in [0.3, 0.4) is 0 Å². The molecular formula is C26H30F4N4O3. The van der Waals surface area contributed by atoms with E-state index in [1.807, 2.05) is 6.07 Å². The van der Waals surface area contributed by atoms with Gasteiger partial charge in [-0.2, -0.15) is 8.78 Å². The van der Waals surface area contributed by atoms with Crippen LogP contribution in [0.4, 0.5) is 23.2 Å². The summed E-state index contributed by atoms with van der Waals surface area (Å²) in [4.78, 5) is 22.4. The fourth-order valence-electron chi connectivity index (χ4n) is 5.70. The number of aliphatic hydroxyl groups is 1. The van der Waals surface area contributed by atoms with E-state index in [9.17, 15) is 27.5 Å². The predicted molar refractivity (Wildman–Crippen MR) is 127 cm³/mol. The second-order valence-electron chi connectivity index (χ2n) is 10.4. The van der Waals surface area contributed by atoms with E-state index in [2.05, 4.69) is 22.2 Å². The highest BCUT2D eigenvalue weighted by atomic mass is 19.3. The van der Waals surface area contributed by atoms with E-state index in [0.29, 0.717) is 18.7 Å². The average Bonchev–Trinajstić information content (AvgIpc) is 2.88. The maximum atomic E-state index is 14.8. The van der Waals surface area contributed by atoms with Gasteiger partial charge in [-0.05, 0) is 54.9 Å². The first-order chi connectivity index (χ1) is 17.5. The number of nitrogens with one attached hydrogen (secondary N) is 1. The predicted octanol–water partition coefficient (Wildman–Crippen LogP) is 4.18. The zero-order chi connectivity index (χ0) is 26.5. The molecule has 37 heavy (non-hydrogen) atoms. The van der Waals surface area contributed by atoms with Gasteiger partial charge in [0.1, 0.15) is 11.7 Å². The summed E-state index contributed by atoms with van der Waals surface area (Å²) in [7, 11) is 0. The first-order valence-electron chi connectivity index (χ1n) is 12.5. The number of alkyl halides is 4. The van der Waals surface area contributed by atoms with Crippen LogP contribution in [0.2, 0.25) is 0 Å². The standard InChI is InChI=1S/C26H30F4N4O3/c1-14-3-4-17(33-24(36)15-5-6-31-20(10-15)25(2,27)28)11-18(14)16-9-19-22(32-12-16)23(35)26(29,30)21-13-37-8-7-34(19)21/h5-6,9-10,12,14,17-18,21,23,35H,3-4,7-8,11,13H2,1-2H3,(H,33,36)/t14-,17?,18?,21?,23-/m0/s1. The molecule has 200 valence electrons. The van der Waals surface area contributed by atoms with E-state index in [1.54, 1.807) is 11.1 Å². The van der Waals surface area contributed by atoms with Gasteiger partial charge in [-0.15, -0.1) is 0 Å². The van der Waals surface area contributed by atoms with Crippen molar-refractivity contribution in [3.05, 3.63) is 53.1 Å². The Labute approximate surface area is 212 Å². The van der Waals surface area contributed by atoms with Crippen molar-refractivity contribution in [2.75, 3.05) is 24.7 Å².